The SMILES string of the molecule is O=C1CCC(N2Cc3cc(CNC(=O)c4cc5ccccc5o4)ccc3C2=O)C(=O)N1. The van der Waals surface area contributed by atoms with Gasteiger partial charge in [0.15, 0.2) is 5.76 Å². The Balaban J connectivity index is 1.27. The summed E-state index contributed by atoms with van der Waals surface area (Å²) in [6.07, 6.45) is 0.542. The largest absolute Gasteiger partial charge is 0.451 e. The normalized spacial score (nSPS) is 18.3. The summed E-state index contributed by atoms with van der Waals surface area (Å²) in [5.74, 6) is -1.05. The van der Waals surface area contributed by atoms with E-state index in [-0.39, 0.29) is 36.4 Å². The summed E-state index contributed by atoms with van der Waals surface area (Å²) in [6, 6.07) is 13.8. The van der Waals surface area contributed by atoms with Crippen molar-refractivity contribution in [2.75, 3.05) is 0 Å². The highest BCUT2D eigenvalue weighted by molar-refractivity contribution is 6.05. The van der Waals surface area contributed by atoms with Gasteiger partial charge in [0.2, 0.25) is 11.8 Å². The molecule has 4 amide bonds. The van der Waals surface area contributed by atoms with Crippen molar-refractivity contribution in [3.8, 4) is 0 Å². The Hall–Kier alpha value is -3.94. The lowest BCUT2D eigenvalue weighted by molar-refractivity contribution is -0.136. The van der Waals surface area contributed by atoms with Crippen molar-refractivity contribution >= 4 is 34.6 Å². The number of amides is 4. The third-order valence-corrected chi connectivity index (χ3v) is 5.69. The average molecular weight is 417 g/mol. The number of rotatable bonds is 4. The van der Waals surface area contributed by atoms with Gasteiger partial charge in [-0.05, 0) is 35.7 Å². The number of hydrogen-bond acceptors (Lipinski definition) is 5. The van der Waals surface area contributed by atoms with E-state index in [1.54, 1.807) is 24.3 Å². The first-order chi connectivity index (χ1) is 15.0. The standard InChI is InChI=1S/C23H19N3O5/c27-20-8-7-17(21(28)25-20)26-12-15-9-13(5-6-16(15)23(26)30)11-24-22(29)19-10-14-3-1-2-4-18(14)31-19/h1-6,9-10,17H,7-8,11-12H2,(H,24,29)(H,25,27,28). The molecule has 3 aromatic rings. The van der Waals surface area contributed by atoms with Crippen molar-refractivity contribution in [2.45, 2.75) is 32.0 Å². The van der Waals surface area contributed by atoms with E-state index in [2.05, 4.69) is 10.6 Å². The first kappa shape index (κ1) is 19.0. The van der Waals surface area contributed by atoms with Crippen LogP contribution in [0.3, 0.4) is 0 Å². The Morgan fingerprint density at radius 2 is 1.97 bits per heavy atom. The molecule has 0 bridgehead atoms. The van der Waals surface area contributed by atoms with E-state index in [1.807, 2.05) is 24.3 Å². The lowest BCUT2D eigenvalue weighted by Crippen LogP contribution is -2.52. The molecule has 3 heterocycles. The smallest absolute Gasteiger partial charge is 0.287 e. The summed E-state index contributed by atoms with van der Waals surface area (Å²) in [4.78, 5) is 50.2. The molecular formula is C23H19N3O5. The summed E-state index contributed by atoms with van der Waals surface area (Å²) >= 11 is 0. The van der Waals surface area contributed by atoms with Gasteiger partial charge in [0, 0.05) is 30.5 Å². The fourth-order valence-electron chi connectivity index (χ4n) is 4.10. The van der Waals surface area contributed by atoms with Crippen LogP contribution in [0.15, 0.2) is 52.9 Å². The van der Waals surface area contributed by atoms with E-state index in [0.29, 0.717) is 24.1 Å². The number of furan rings is 1. The zero-order chi connectivity index (χ0) is 21.5. The first-order valence-corrected chi connectivity index (χ1v) is 10.0. The molecule has 1 unspecified atom stereocenters. The van der Waals surface area contributed by atoms with Gasteiger partial charge in [0.25, 0.3) is 11.8 Å². The van der Waals surface area contributed by atoms with E-state index < -0.39 is 11.9 Å². The number of para-hydroxylation sites is 1. The van der Waals surface area contributed by atoms with E-state index in [9.17, 15) is 19.2 Å². The molecule has 8 nitrogen and oxygen atoms in total. The van der Waals surface area contributed by atoms with Crippen molar-refractivity contribution in [2.24, 2.45) is 0 Å². The van der Waals surface area contributed by atoms with Crippen LogP contribution in [0.25, 0.3) is 11.0 Å². The molecule has 5 rings (SSSR count). The summed E-state index contributed by atoms with van der Waals surface area (Å²) < 4.78 is 5.58. The molecule has 8 heteroatoms. The summed E-state index contributed by atoms with van der Waals surface area (Å²) in [5.41, 5.74) is 2.82. The molecule has 2 aromatic carbocycles. The maximum Gasteiger partial charge on any atom is 0.287 e. The van der Waals surface area contributed by atoms with Gasteiger partial charge >= 0.3 is 0 Å². The van der Waals surface area contributed by atoms with Crippen molar-refractivity contribution < 1.29 is 23.6 Å². The van der Waals surface area contributed by atoms with E-state index in [1.165, 1.54) is 4.90 Å². The molecule has 1 aromatic heterocycles. The summed E-state index contributed by atoms with van der Waals surface area (Å²) in [7, 11) is 0. The van der Waals surface area contributed by atoms with Gasteiger partial charge in [-0.1, -0.05) is 30.3 Å². The van der Waals surface area contributed by atoms with Gasteiger partial charge in [-0.2, -0.15) is 0 Å². The third-order valence-electron chi connectivity index (χ3n) is 5.69. The number of nitrogens with one attached hydrogen (secondary N) is 2. The summed E-state index contributed by atoms with van der Waals surface area (Å²) in [6.45, 7) is 0.571. The molecule has 2 N–H and O–H groups in total. The van der Waals surface area contributed by atoms with Gasteiger partial charge < -0.3 is 14.6 Å². The van der Waals surface area contributed by atoms with Crippen molar-refractivity contribution in [1.29, 1.82) is 0 Å². The highest BCUT2D eigenvalue weighted by Gasteiger charge is 2.39. The highest BCUT2D eigenvalue weighted by Crippen LogP contribution is 2.28. The lowest BCUT2D eigenvalue weighted by Gasteiger charge is -2.29. The van der Waals surface area contributed by atoms with Crippen molar-refractivity contribution in [3.63, 3.8) is 0 Å². The zero-order valence-corrected chi connectivity index (χ0v) is 16.5. The molecule has 2 aliphatic heterocycles. The Bertz CT molecular complexity index is 1210. The molecule has 1 saturated heterocycles. The minimum atomic E-state index is -0.645. The second kappa shape index (κ2) is 7.39. The van der Waals surface area contributed by atoms with E-state index in [4.69, 9.17) is 4.42 Å². The van der Waals surface area contributed by atoms with Gasteiger partial charge in [-0.25, -0.2) is 0 Å². The van der Waals surface area contributed by atoms with Crippen LogP contribution in [0.5, 0.6) is 0 Å². The molecule has 31 heavy (non-hydrogen) atoms. The molecule has 0 spiro atoms. The monoisotopic (exact) mass is 417 g/mol. The minimum absolute atomic E-state index is 0.218. The quantitative estimate of drug-likeness (QED) is 0.632. The van der Waals surface area contributed by atoms with Gasteiger partial charge in [-0.3, -0.25) is 24.5 Å². The highest BCUT2D eigenvalue weighted by atomic mass is 16.3. The maximum atomic E-state index is 12.7. The first-order valence-electron chi connectivity index (χ1n) is 10.0. The number of benzene rings is 2. The number of carbonyl (C=O) groups is 4. The second-order valence-corrected chi connectivity index (χ2v) is 7.72. The Kier molecular flexibility index (Phi) is 4.54. The van der Waals surface area contributed by atoms with E-state index in [0.717, 1.165) is 16.5 Å². The van der Waals surface area contributed by atoms with Crippen LogP contribution in [0.1, 0.15) is 44.9 Å². The van der Waals surface area contributed by atoms with Crippen LogP contribution in [-0.2, 0) is 22.7 Å². The number of fused-ring (bicyclic) bond motifs is 2. The fourth-order valence-corrected chi connectivity index (χ4v) is 4.10. The molecule has 0 saturated carbocycles. The molecule has 0 aliphatic carbocycles. The van der Waals surface area contributed by atoms with Crippen molar-refractivity contribution in [3.05, 3.63) is 71.0 Å². The van der Waals surface area contributed by atoms with Gasteiger partial charge in [0.1, 0.15) is 11.6 Å². The van der Waals surface area contributed by atoms with Crippen LogP contribution >= 0.6 is 0 Å². The van der Waals surface area contributed by atoms with E-state index >= 15 is 0 Å². The molecule has 0 radical (unpaired) electrons. The number of nitrogens with zero attached hydrogens (tertiary/aromatic N) is 1. The van der Waals surface area contributed by atoms with Crippen molar-refractivity contribution in [1.82, 2.24) is 15.5 Å². The maximum absolute atomic E-state index is 12.7. The molecular weight excluding hydrogens is 398 g/mol. The predicted molar refractivity (Wildman–Crippen MR) is 110 cm³/mol. The zero-order valence-electron chi connectivity index (χ0n) is 16.5. The number of piperidine rings is 1. The summed E-state index contributed by atoms with van der Waals surface area (Å²) in [5, 5.41) is 5.99. The Morgan fingerprint density at radius 3 is 2.77 bits per heavy atom. The third kappa shape index (κ3) is 3.46. The Labute approximate surface area is 177 Å². The lowest BCUT2D eigenvalue weighted by atomic mass is 10.0. The van der Waals surface area contributed by atoms with Gasteiger partial charge in [-0.15, -0.1) is 0 Å². The van der Waals surface area contributed by atoms with Crippen LogP contribution in [0.4, 0.5) is 0 Å². The predicted octanol–water partition coefficient (Wildman–Crippen LogP) is 2.12. The molecule has 1 atom stereocenters. The number of carbonyl (C=O) groups excluding carboxylic acids is 4. The minimum Gasteiger partial charge on any atom is -0.451 e. The second-order valence-electron chi connectivity index (χ2n) is 7.72. The average Bonchev–Trinajstić information content (AvgIpc) is 3.33. The topological polar surface area (TPSA) is 109 Å². The van der Waals surface area contributed by atoms with Gasteiger partial charge in [0.05, 0.1) is 0 Å². The van der Waals surface area contributed by atoms with Crippen LogP contribution in [0.2, 0.25) is 0 Å². The number of hydrogen-bond donors (Lipinski definition) is 2. The molecule has 2 aliphatic rings. The van der Waals surface area contributed by atoms with Crippen LogP contribution < -0.4 is 10.6 Å². The molecule has 156 valence electrons. The van der Waals surface area contributed by atoms with Crippen LogP contribution in [0, 0.1) is 0 Å². The Morgan fingerprint density at radius 1 is 1.13 bits per heavy atom. The van der Waals surface area contributed by atoms with Crippen LogP contribution in [-0.4, -0.2) is 34.6 Å². The molecule has 1 fully saturated rings. The fraction of sp³-hybridized carbons (Fsp3) is 0.217. The number of imide groups is 1.